The van der Waals surface area contributed by atoms with Gasteiger partial charge in [0.25, 0.3) is 5.69 Å². The van der Waals surface area contributed by atoms with Crippen molar-refractivity contribution in [2.24, 2.45) is 56.6 Å². The van der Waals surface area contributed by atoms with E-state index in [0.29, 0.717) is 29.7 Å². The van der Waals surface area contributed by atoms with Crippen LogP contribution in [0.3, 0.4) is 0 Å². The lowest BCUT2D eigenvalue weighted by atomic mass is 9.49. The maximum absolute atomic E-state index is 11.6. The summed E-state index contributed by atoms with van der Waals surface area (Å²) in [5.41, 5.74) is -0.142. The number of hydrogen-bond donors (Lipinski definition) is 1. The van der Waals surface area contributed by atoms with Crippen molar-refractivity contribution in [1.29, 1.82) is 0 Å². The summed E-state index contributed by atoms with van der Waals surface area (Å²) in [5.74, 6) is 3.91. The lowest BCUT2D eigenvalue weighted by molar-refractivity contribution is -0.393. The third-order valence-corrected chi connectivity index (χ3v) is 11.7. The van der Waals surface area contributed by atoms with Crippen molar-refractivity contribution >= 4 is 17.1 Å². The van der Waals surface area contributed by atoms with Gasteiger partial charge in [-0.05, 0) is 110 Å². The van der Waals surface area contributed by atoms with Gasteiger partial charge in [-0.1, -0.05) is 53.9 Å². The molecule has 3 saturated carbocycles. The minimum absolute atomic E-state index is 0.0556. The Labute approximate surface area is 251 Å². The van der Waals surface area contributed by atoms with E-state index in [9.17, 15) is 25.3 Å². The molecule has 0 spiro atoms. The molecular formula is C33H52N4O5. The number of benzene rings is 1. The second-order valence-corrected chi connectivity index (χ2v) is 14.7. The van der Waals surface area contributed by atoms with Crippen molar-refractivity contribution in [3.8, 4) is 0 Å². The summed E-state index contributed by atoms with van der Waals surface area (Å²) in [7, 11) is 0. The Morgan fingerprint density at radius 2 is 1.67 bits per heavy atom. The number of nitro groups is 2. The van der Waals surface area contributed by atoms with Crippen LogP contribution in [-0.2, 0) is 0 Å². The Balaban J connectivity index is 1.53. The molecule has 9 nitrogen and oxygen atoms in total. The average Bonchev–Trinajstić information content (AvgIpc) is 3.29. The zero-order valence-electron chi connectivity index (χ0n) is 26.3. The molecule has 0 saturated heterocycles. The Hall–Kier alpha value is -2.42. The molecule has 0 bridgehead atoms. The van der Waals surface area contributed by atoms with Crippen LogP contribution < -0.4 is 0 Å². The van der Waals surface area contributed by atoms with Crippen molar-refractivity contribution in [2.45, 2.75) is 118 Å². The summed E-state index contributed by atoms with van der Waals surface area (Å²) < 4.78 is 0. The number of rotatable bonds is 12. The minimum Gasteiger partial charge on any atom is -0.393 e. The SMILES string of the molecule is CC(C)CCC[C@@H](C)[C@H]1CCC2[C@H](CCN=Nc3ccc([N+](=O)[O-])cc3[N+](=O)[O-])C(C3(C)CCC(O)CC3)CC[C@@]21C. The van der Waals surface area contributed by atoms with Gasteiger partial charge in [0.1, 0.15) is 0 Å². The van der Waals surface area contributed by atoms with Crippen LogP contribution in [0, 0.1) is 66.6 Å². The Bertz CT molecular complexity index is 1130. The molecule has 0 radical (unpaired) electrons. The molecule has 0 amide bonds. The van der Waals surface area contributed by atoms with E-state index >= 15 is 0 Å². The van der Waals surface area contributed by atoms with Crippen LogP contribution in [0.4, 0.5) is 17.1 Å². The van der Waals surface area contributed by atoms with Crippen LogP contribution >= 0.6 is 0 Å². The van der Waals surface area contributed by atoms with Crippen LogP contribution in [0.15, 0.2) is 28.4 Å². The Morgan fingerprint density at radius 1 is 0.952 bits per heavy atom. The van der Waals surface area contributed by atoms with E-state index < -0.39 is 15.5 Å². The predicted molar refractivity (Wildman–Crippen MR) is 165 cm³/mol. The van der Waals surface area contributed by atoms with Gasteiger partial charge in [-0.3, -0.25) is 20.2 Å². The molecule has 4 rings (SSSR count). The fourth-order valence-corrected chi connectivity index (χ4v) is 9.40. The number of nitrogens with zero attached hydrogens (tertiary/aromatic N) is 4. The molecule has 42 heavy (non-hydrogen) atoms. The monoisotopic (exact) mass is 584 g/mol. The number of fused-ring (bicyclic) bond motifs is 1. The number of nitro benzene ring substituents is 2. The number of aliphatic hydroxyl groups excluding tert-OH is 1. The molecule has 234 valence electrons. The average molecular weight is 585 g/mol. The van der Waals surface area contributed by atoms with E-state index in [2.05, 4.69) is 44.8 Å². The second-order valence-electron chi connectivity index (χ2n) is 14.7. The van der Waals surface area contributed by atoms with E-state index in [1.807, 2.05) is 0 Å². The van der Waals surface area contributed by atoms with Crippen molar-refractivity contribution in [3.05, 3.63) is 38.4 Å². The molecule has 0 aromatic heterocycles. The lowest BCUT2D eigenvalue weighted by Gasteiger charge is -2.56. The van der Waals surface area contributed by atoms with Gasteiger partial charge < -0.3 is 5.11 Å². The van der Waals surface area contributed by atoms with Gasteiger partial charge in [0, 0.05) is 6.07 Å². The third kappa shape index (κ3) is 7.03. The summed E-state index contributed by atoms with van der Waals surface area (Å²) >= 11 is 0. The highest BCUT2D eigenvalue weighted by Gasteiger charge is 2.57. The number of hydrogen-bond acceptors (Lipinski definition) is 7. The van der Waals surface area contributed by atoms with Crippen molar-refractivity contribution in [2.75, 3.05) is 6.54 Å². The summed E-state index contributed by atoms with van der Waals surface area (Å²) in [6.45, 7) is 12.6. The van der Waals surface area contributed by atoms with Gasteiger partial charge in [0.2, 0.25) is 0 Å². The van der Waals surface area contributed by atoms with Crippen LogP contribution in [0.1, 0.15) is 112 Å². The van der Waals surface area contributed by atoms with Gasteiger partial charge >= 0.3 is 5.69 Å². The van der Waals surface area contributed by atoms with Crippen molar-refractivity contribution in [1.82, 2.24) is 0 Å². The highest BCUT2D eigenvalue weighted by Crippen LogP contribution is 2.65. The van der Waals surface area contributed by atoms with Crippen LogP contribution in [0.5, 0.6) is 0 Å². The Morgan fingerprint density at radius 3 is 2.31 bits per heavy atom. The largest absolute Gasteiger partial charge is 0.393 e. The van der Waals surface area contributed by atoms with E-state index in [1.165, 1.54) is 57.1 Å². The maximum atomic E-state index is 11.6. The Kier molecular flexibility index (Phi) is 10.4. The highest BCUT2D eigenvalue weighted by molar-refractivity contribution is 5.61. The van der Waals surface area contributed by atoms with Gasteiger partial charge in [0.05, 0.1) is 28.6 Å². The zero-order valence-corrected chi connectivity index (χ0v) is 26.3. The first-order valence-corrected chi connectivity index (χ1v) is 16.3. The molecule has 0 heterocycles. The molecule has 1 N–H and O–H groups in total. The van der Waals surface area contributed by atoms with Gasteiger partial charge in [-0.25, -0.2) is 0 Å². The van der Waals surface area contributed by atoms with Crippen molar-refractivity contribution < 1.29 is 15.0 Å². The first-order valence-electron chi connectivity index (χ1n) is 16.3. The van der Waals surface area contributed by atoms with E-state index in [0.717, 1.165) is 55.9 Å². The van der Waals surface area contributed by atoms with E-state index in [4.69, 9.17) is 0 Å². The van der Waals surface area contributed by atoms with Crippen LogP contribution in [0.2, 0.25) is 0 Å². The standard InChI is InChI=1S/C33H52N4O5/c1-22(2)7-6-8-23(3)27-10-11-29-26(28(15-19-33(27,29)5)32(4)17-13-25(38)14-18-32)16-20-34-35-30-12-9-24(36(39)40)21-31(30)37(41)42/h9,12,21-23,25-29,38H,6-8,10-11,13-20H2,1-5H3/t23-,25?,26-,27-,28?,29?,32?,33-/m1/s1. The fourth-order valence-electron chi connectivity index (χ4n) is 9.40. The summed E-state index contributed by atoms with van der Waals surface area (Å²) in [6, 6.07) is 3.51. The highest BCUT2D eigenvalue weighted by atomic mass is 16.6. The van der Waals surface area contributed by atoms with Gasteiger partial charge in [-0.2, -0.15) is 5.11 Å². The third-order valence-electron chi connectivity index (χ3n) is 11.7. The maximum Gasteiger partial charge on any atom is 0.303 e. The first kappa shape index (κ1) is 32.5. The molecule has 1 aromatic rings. The molecule has 2 unspecified atom stereocenters. The van der Waals surface area contributed by atoms with Gasteiger partial charge in [0.15, 0.2) is 5.69 Å². The second kappa shape index (κ2) is 13.5. The molecule has 1 aromatic carbocycles. The quantitative estimate of drug-likeness (QED) is 0.148. The fraction of sp³-hybridized carbons (Fsp3) is 0.818. The van der Waals surface area contributed by atoms with E-state index in [1.54, 1.807) is 0 Å². The topological polar surface area (TPSA) is 131 Å². The van der Waals surface area contributed by atoms with Crippen LogP contribution in [-0.4, -0.2) is 27.6 Å². The molecule has 3 aliphatic carbocycles. The minimum atomic E-state index is -0.640. The molecular weight excluding hydrogens is 532 g/mol. The molecule has 3 aliphatic rings. The first-order chi connectivity index (χ1) is 19.9. The predicted octanol–water partition coefficient (Wildman–Crippen LogP) is 9.44. The lowest BCUT2D eigenvalue weighted by Crippen LogP contribution is -2.48. The van der Waals surface area contributed by atoms with Crippen molar-refractivity contribution in [3.63, 3.8) is 0 Å². The normalized spacial score (nSPS) is 34.0. The molecule has 6 atom stereocenters. The number of aliphatic hydroxyl groups is 1. The number of non-ortho nitro benzene ring substituents is 1. The molecule has 9 heteroatoms. The zero-order chi connectivity index (χ0) is 30.7. The summed E-state index contributed by atoms with van der Waals surface area (Å²) in [6.07, 6.45) is 13.5. The smallest absolute Gasteiger partial charge is 0.303 e. The number of azo groups is 1. The van der Waals surface area contributed by atoms with Crippen LogP contribution in [0.25, 0.3) is 0 Å². The summed E-state index contributed by atoms with van der Waals surface area (Å²) in [4.78, 5) is 21.4. The molecule has 0 aliphatic heterocycles. The molecule has 3 fully saturated rings. The summed E-state index contributed by atoms with van der Waals surface area (Å²) in [5, 5.41) is 41.6. The van der Waals surface area contributed by atoms with E-state index in [-0.39, 0.29) is 22.9 Å². The van der Waals surface area contributed by atoms with Gasteiger partial charge in [-0.15, -0.1) is 5.11 Å².